The molecule has 1 aromatic carbocycles. The Bertz CT molecular complexity index is 270. The van der Waals surface area contributed by atoms with Gasteiger partial charge in [0.05, 0.1) is 0 Å². The summed E-state index contributed by atoms with van der Waals surface area (Å²) >= 11 is 0. The maximum absolute atomic E-state index is 10.9. The van der Waals surface area contributed by atoms with Gasteiger partial charge in [-0.25, -0.2) is 0 Å². The van der Waals surface area contributed by atoms with Crippen LogP contribution in [0, 0.1) is 0 Å². The predicted molar refractivity (Wildman–Crippen MR) is 50.5 cm³/mol. The van der Waals surface area contributed by atoms with Gasteiger partial charge in [0.2, 0.25) is 0 Å². The fourth-order valence-electron chi connectivity index (χ4n) is 1.10. The molecule has 64 valence electrons. The molecule has 0 aliphatic rings. The molecular weight excluding hydrogens is 148 g/mol. The monoisotopic (exact) mass is 162 g/mol. The summed E-state index contributed by atoms with van der Waals surface area (Å²) in [5.74, 6) is 0.663. The van der Waals surface area contributed by atoms with Crippen LogP contribution in [0.3, 0.4) is 0 Å². The van der Waals surface area contributed by atoms with Gasteiger partial charge in [0.15, 0.2) is 5.78 Å². The van der Waals surface area contributed by atoms with Crippen molar-refractivity contribution >= 4 is 5.78 Å². The van der Waals surface area contributed by atoms with Crippen molar-refractivity contribution in [3.8, 4) is 0 Å². The second-order valence-corrected chi connectivity index (χ2v) is 3.33. The third-order valence-corrected chi connectivity index (χ3v) is 1.98. The van der Waals surface area contributed by atoms with Crippen LogP contribution in [-0.2, 0) is 0 Å². The summed E-state index contributed by atoms with van der Waals surface area (Å²) in [7, 11) is 0. The van der Waals surface area contributed by atoms with Gasteiger partial charge in [-0.2, -0.15) is 0 Å². The molecule has 0 aromatic heterocycles. The molecule has 1 rings (SSSR count). The highest BCUT2D eigenvalue weighted by Gasteiger charge is 2.00. The van der Waals surface area contributed by atoms with Crippen LogP contribution < -0.4 is 0 Å². The van der Waals surface area contributed by atoms with Crippen LogP contribution in [0.2, 0.25) is 0 Å². The van der Waals surface area contributed by atoms with Crippen LogP contribution >= 0.6 is 0 Å². The summed E-state index contributed by atoms with van der Waals surface area (Å²) in [5.41, 5.74) is 2.07. The Hall–Kier alpha value is -1.11. The second kappa shape index (κ2) is 3.53. The van der Waals surface area contributed by atoms with Crippen LogP contribution in [0.25, 0.3) is 0 Å². The van der Waals surface area contributed by atoms with E-state index in [1.807, 2.05) is 24.3 Å². The van der Waals surface area contributed by atoms with Crippen molar-refractivity contribution in [1.29, 1.82) is 0 Å². The molecule has 0 unspecified atom stereocenters. The quantitative estimate of drug-likeness (QED) is 0.611. The van der Waals surface area contributed by atoms with Crippen molar-refractivity contribution < 1.29 is 4.79 Å². The number of hydrogen-bond acceptors (Lipinski definition) is 1. The van der Waals surface area contributed by atoms with E-state index in [-0.39, 0.29) is 5.78 Å². The van der Waals surface area contributed by atoms with Gasteiger partial charge in [-0.3, -0.25) is 4.79 Å². The Kier molecular flexibility index (Phi) is 2.64. The van der Waals surface area contributed by atoms with Gasteiger partial charge in [0, 0.05) is 5.56 Å². The SMILES string of the molecule is CC(=O)c1ccc(C(C)C)cc1. The maximum atomic E-state index is 10.9. The molecule has 1 heteroatoms. The van der Waals surface area contributed by atoms with Crippen LogP contribution in [0.15, 0.2) is 24.3 Å². The summed E-state index contributed by atoms with van der Waals surface area (Å²) in [5, 5.41) is 0. The fourth-order valence-corrected chi connectivity index (χ4v) is 1.10. The van der Waals surface area contributed by atoms with E-state index in [1.165, 1.54) is 5.56 Å². The molecule has 0 N–H and O–H groups in total. The first kappa shape index (κ1) is 8.98. The first-order valence-corrected chi connectivity index (χ1v) is 4.22. The van der Waals surface area contributed by atoms with Crippen molar-refractivity contribution in [2.45, 2.75) is 26.7 Å². The number of rotatable bonds is 2. The molecule has 0 fully saturated rings. The molecule has 0 bridgehead atoms. The Labute approximate surface area is 73.4 Å². The summed E-state index contributed by atoms with van der Waals surface area (Å²) in [6.45, 7) is 5.87. The standard InChI is InChI=1S/C11H14O/c1-8(2)10-4-6-11(7-5-10)9(3)12/h4-8H,1-3H3. The third kappa shape index (κ3) is 1.94. The minimum absolute atomic E-state index is 0.130. The molecule has 0 amide bonds. The number of carbonyl (C=O) groups excluding carboxylic acids is 1. The molecular formula is C11H14O. The molecule has 12 heavy (non-hydrogen) atoms. The van der Waals surface area contributed by atoms with Gasteiger partial charge in [0.1, 0.15) is 0 Å². The van der Waals surface area contributed by atoms with E-state index >= 15 is 0 Å². The summed E-state index contributed by atoms with van der Waals surface area (Å²) in [6.07, 6.45) is 0. The highest BCUT2D eigenvalue weighted by Crippen LogP contribution is 2.14. The van der Waals surface area contributed by atoms with E-state index in [1.54, 1.807) is 6.92 Å². The molecule has 0 spiro atoms. The molecule has 0 saturated heterocycles. The van der Waals surface area contributed by atoms with E-state index in [9.17, 15) is 4.79 Å². The number of Topliss-reactive ketones (excluding diaryl/α,β-unsaturated/α-hetero) is 1. The lowest BCUT2D eigenvalue weighted by molar-refractivity contribution is 0.101. The number of ketones is 1. The zero-order valence-corrected chi connectivity index (χ0v) is 7.79. The Morgan fingerprint density at radius 3 is 2.00 bits per heavy atom. The first-order chi connectivity index (χ1) is 5.61. The molecule has 1 aromatic rings. The van der Waals surface area contributed by atoms with Gasteiger partial charge >= 0.3 is 0 Å². The number of carbonyl (C=O) groups is 1. The maximum Gasteiger partial charge on any atom is 0.159 e. The lowest BCUT2D eigenvalue weighted by Crippen LogP contribution is -1.93. The summed E-state index contributed by atoms with van der Waals surface area (Å²) in [4.78, 5) is 10.9. The predicted octanol–water partition coefficient (Wildman–Crippen LogP) is 3.01. The van der Waals surface area contributed by atoms with Crippen molar-refractivity contribution in [3.05, 3.63) is 35.4 Å². The van der Waals surface area contributed by atoms with Gasteiger partial charge < -0.3 is 0 Å². The zero-order chi connectivity index (χ0) is 9.14. The Morgan fingerprint density at radius 2 is 1.67 bits per heavy atom. The van der Waals surface area contributed by atoms with Gasteiger partial charge in [-0.05, 0) is 18.4 Å². The van der Waals surface area contributed by atoms with E-state index in [0.717, 1.165) is 5.56 Å². The molecule has 0 radical (unpaired) electrons. The average Bonchev–Trinajstić information content (AvgIpc) is 2.04. The van der Waals surface area contributed by atoms with E-state index in [4.69, 9.17) is 0 Å². The van der Waals surface area contributed by atoms with Crippen LogP contribution in [0.1, 0.15) is 42.6 Å². The van der Waals surface area contributed by atoms with Gasteiger partial charge in [-0.1, -0.05) is 38.1 Å². The van der Waals surface area contributed by atoms with Crippen LogP contribution in [-0.4, -0.2) is 5.78 Å². The van der Waals surface area contributed by atoms with E-state index < -0.39 is 0 Å². The molecule has 1 nitrogen and oxygen atoms in total. The van der Waals surface area contributed by atoms with E-state index in [2.05, 4.69) is 13.8 Å². The first-order valence-electron chi connectivity index (χ1n) is 4.22. The van der Waals surface area contributed by atoms with Gasteiger partial charge in [0.25, 0.3) is 0 Å². The van der Waals surface area contributed by atoms with E-state index in [0.29, 0.717) is 5.92 Å². The smallest absolute Gasteiger partial charge is 0.159 e. The molecule has 0 saturated carbocycles. The molecule has 0 aliphatic carbocycles. The lowest BCUT2D eigenvalue weighted by atomic mass is 10.0. The van der Waals surface area contributed by atoms with Crippen molar-refractivity contribution in [2.75, 3.05) is 0 Å². The highest BCUT2D eigenvalue weighted by molar-refractivity contribution is 5.94. The fraction of sp³-hybridized carbons (Fsp3) is 0.364. The Morgan fingerprint density at radius 1 is 1.17 bits per heavy atom. The minimum Gasteiger partial charge on any atom is -0.295 e. The average molecular weight is 162 g/mol. The number of hydrogen-bond donors (Lipinski definition) is 0. The largest absolute Gasteiger partial charge is 0.295 e. The Balaban J connectivity index is 2.93. The molecule has 0 atom stereocenters. The number of benzene rings is 1. The highest BCUT2D eigenvalue weighted by atomic mass is 16.1. The summed E-state index contributed by atoms with van der Waals surface area (Å²) < 4.78 is 0. The zero-order valence-electron chi connectivity index (χ0n) is 7.79. The van der Waals surface area contributed by atoms with Crippen molar-refractivity contribution in [1.82, 2.24) is 0 Å². The lowest BCUT2D eigenvalue weighted by Gasteiger charge is -2.04. The minimum atomic E-state index is 0.130. The van der Waals surface area contributed by atoms with Crippen LogP contribution in [0.5, 0.6) is 0 Å². The second-order valence-electron chi connectivity index (χ2n) is 3.33. The summed E-state index contributed by atoms with van der Waals surface area (Å²) in [6, 6.07) is 7.80. The topological polar surface area (TPSA) is 17.1 Å². The van der Waals surface area contributed by atoms with Gasteiger partial charge in [-0.15, -0.1) is 0 Å². The van der Waals surface area contributed by atoms with Crippen molar-refractivity contribution in [2.24, 2.45) is 0 Å². The molecule has 0 heterocycles. The molecule has 0 aliphatic heterocycles. The van der Waals surface area contributed by atoms with Crippen molar-refractivity contribution in [3.63, 3.8) is 0 Å². The third-order valence-electron chi connectivity index (χ3n) is 1.98. The van der Waals surface area contributed by atoms with Crippen LogP contribution in [0.4, 0.5) is 0 Å². The normalized spacial score (nSPS) is 10.3.